The molecule has 0 fully saturated rings. The molecule has 0 aliphatic carbocycles. The fourth-order valence-corrected chi connectivity index (χ4v) is 9.32. The predicted octanol–water partition coefficient (Wildman–Crippen LogP) is 18.6. The zero-order valence-corrected chi connectivity index (χ0v) is 44.6. The van der Waals surface area contributed by atoms with Crippen molar-refractivity contribution in [2.75, 3.05) is 6.61 Å². The summed E-state index contributed by atoms with van der Waals surface area (Å²) in [6.45, 7) is 4.21. The Bertz CT molecular complexity index is 1020. The van der Waals surface area contributed by atoms with E-state index < -0.39 is 24.2 Å². The average molecular weight is 929 g/mol. The molecular formula is C61H117NO4. The number of rotatable bonds is 55. The third-order valence-corrected chi connectivity index (χ3v) is 14.0. The number of aliphatic hydroxyl groups is 3. The normalized spacial score (nSPS) is 13.5. The van der Waals surface area contributed by atoms with Crippen LogP contribution in [-0.2, 0) is 4.79 Å². The summed E-state index contributed by atoms with van der Waals surface area (Å²) in [6.07, 6.45) is 73.8. The molecule has 5 nitrogen and oxygen atoms in total. The molecule has 0 saturated heterocycles. The van der Waals surface area contributed by atoms with Crippen molar-refractivity contribution in [1.82, 2.24) is 5.32 Å². The van der Waals surface area contributed by atoms with Gasteiger partial charge in [-0.2, -0.15) is 0 Å². The predicted molar refractivity (Wildman–Crippen MR) is 291 cm³/mol. The van der Waals surface area contributed by atoms with E-state index in [1.165, 1.54) is 263 Å². The number of aliphatic hydroxyl groups excluding tert-OH is 3. The molecule has 3 atom stereocenters. The van der Waals surface area contributed by atoms with Crippen LogP contribution in [-0.4, -0.2) is 46.1 Å². The Hall–Kier alpha value is -1.43. The van der Waals surface area contributed by atoms with Gasteiger partial charge in [0.25, 0.3) is 0 Å². The van der Waals surface area contributed by atoms with E-state index in [0.717, 1.165) is 38.5 Å². The van der Waals surface area contributed by atoms with E-state index in [1.807, 2.05) is 6.08 Å². The Morgan fingerprint density at radius 2 is 0.621 bits per heavy atom. The Kier molecular flexibility index (Phi) is 54.9. The summed E-state index contributed by atoms with van der Waals surface area (Å²) in [6, 6.07) is -0.816. The van der Waals surface area contributed by atoms with Crippen LogP contribution < -0.4 is 5.32 Å². The number of unbranched alkanes of at least 4 members (excludes halogenated alkanes) is 43. The number of carbonyl (C=O) groups excluding carboxylic acids is 1. The van der Waals surface area contributed by atoms with Gasteiger partial charge in [-0.1, -0.05) is 301 Å². The van der Waals surface area contributed by atoms with E-state index in [9.17, 15) is 20.1 Å². The minimum absolute atomic E-state index is 0.375. The molecule has 0 aromatic heterocycles. The summed E-state index contributed by atoms with van der Waals surface area (Å²) in [5.74, 6) is -0.509. The second-order valence-corrected chi connectivity index (χ2v) is 20.5. The van der Waals surface area contributed by atoms with Crippen molar-refractivity contribution < 1.29 is 20.1 Å². The van der Waals surface area contributed by atoms with Gasteiger partial charge < -0.3 is 20.6 Å². The van der Waals surface area contributed by atoms with Crippen LogP contribution >= 0.6 is 0 Å². The van der Waals surface area contributed by atoms with Gasteiger partial charge in [0, 0.05) is 0 Å². The van der Waals surface area contributed by atoms with E-state index in [1.54, 1.807) is 6.08 Å². The molecule has 0 aliphatic rings. The monoisotopic (exact) mass is 928 g/mol. The molecule has 0 aromatic carbocycles. The van der Waals surface area contributed by atoms with Crippen LogP contribution in [0.4, 0.5) is 0 Å². The molecule has 0 bridgehead atoms. The van der Waals surface area contributed by atoms with E-state index in [-0.39, 0.29) is 6.61 Å². The molecule has 0 spiro atoms. The van der Waals surface area contributed by atoms with Gasteiger partial charge in [0.2, 0.25) is 5.91 Å². The molecule has 4 N–H and O–H groups in total. The van der Waals surface area contributed by atoms with Crippen LogP contribution in [0.2, 0.25) is 0 Å². The summed E-state index contributed by atoms with van der Waals surface area (Å²) in [4.78, 5) is 12.6. The van der Waals surface area contributed by atoms with E-state index >= 15 is 0 Å². The third kappa shape index (κ3) is 50.4. The largest absolute Gasteiger partial charge is 0.394 e. The Balaban J connectivity index is 3.58. The SMILES string of the molecule is CCCCCCCCCCCCCC/C=C\CCCCCCCCCCCCCC(O)C(=O)NC(CO)C(O)/C=C/CC/C=C/CCCCCCCCCCCCCCCCCCCCC. The van der Waals surface area contributed by atoms with E-state index in [2.05, 4.69) is 43.5 Å². The van der Waals surface area contributed by atoms with Gasteiger partial charge in [0.1, 0.15) is 6.10 Å². The standard InChI is InChI=1S/C61H117NO4/c1-3-5-7-9-11-13-15-17-19-21-23-25-27-29-30-32-34-36-38-40-42-44-46-48-50-52-54-56-60(65)61(66)62-58(57-63)59(64)55-53-51-49-47-45-43-41-39-37-35-33-31-28-26-24-22-20-18-16-14-12-10-8-6-4-2/h29-30,45,47,53,55,58-60,63-65H,3-28,31-44,46,48-52,54,56-57H2,1-2H3,(H,62,66)/b30-29-,47-45+,55-53+. The lowest BCUT2D eigenvalue weighted by Crippen LogP contribution is -2.48. The summed E-state index contributed by atoms with van der Waals surface area (Å²) in [5, 5.41) is 33.4. The van der Waals surface area contributed by atoms with Gasteiger partial charge in [0.05, 0.1) is 18.8 Å². The van der Waals surface area contributed by atoms with Crippen LogP contribution in [0.15, 0.2) is 36.5 Å². The Morgan fingerprint density at radius 3 is 0.924 bits per heavy atom. The number of amides is 1. The highest BCUT2D eigenvalue weighted by molar-refractivity contribution is 5.80. The van der Waals surface area contributed by atoms with E-state index in [0.29, 0.717) is 6.42 Å². The van der Waals surface area contributed by atoms with Crippen molar-refractivity contribution in [1.29, 1.82) is 0 Å². The highest BCUT2D eigenvalue weighted by Crippen LogP contribution is 2.17. The minimum Gasteiger partial charge on any atom is -0.394 e. The smallest absolute Gasteiger partial charge is 0.249 e. The van der Waals surface area contributed by atoms with Crippen molar-refractivity contribution in [3.8, 4) is 0 Å². The van der Waals surface area contributed by atoms with E-state index in [4.69, 9.17) is 0 Å². The molecule has 0 aromatic rings. The average Bonchev–Trinajstić information content (AvgIpc) is 3.32. The van der Waals surface area contributed by atoms with Crippen LogP contribution in [0, 0.1) is 0 Å². The molecule has 1 amide bonds. The summed E-state index contributed by atoms with van der Waals surface area (Å²) >= 11 is 0. The highest BCUT2D eigenvalue weighted by Gasteiger charge is 2.22. The third-order valence-electron chi connectivity index (χ3n) is 14.0. The first kappa shape index (κ1) is 64.6. The highest BCUT2D eigenvalue weighted by atomic mass is 16.3. The molecule has 0 saturated carbocycles. The van der Waals surface area contributed by atoms with Crippen LogP contribution in [0.3, 0.4) is 0 Å². The van der Waals surface area contributed by atoms with Gasteiger partial charge in [-0.3, -0.25) is 4.79 Å². The maximum atomic E-state index is 12.6. The second kappa shape index (κ2) is 56.2. The first-order valence-corrected chi connectivity index (χ1v) is 29.8. The van der Waals surface area contributed by atoms with Crippen molar-refractivity contribution in [2.24, 2.45) is 0 Å². The molecule has 0 radical (unpaired) electrons. The Labute approximate surface area is 413 Å². The lowest BCUT2D eigenvalue weighted by molar-refractivity contribution is -0.131. The number of hydrogen-bond donors (Lipinski definition) is 4. The first-order valence-electron chi connectivity index (χ1n) is 29.8. The van der Waals surface area contributed by atoms with Gasteiger partial charge in [-0.15, -0.1) is 0 Å². The van der Waals surface area contributed by atoms with Gasteiger partial charge in [0.15, 0.2) is 0 Å². The lowest BCUT2D eigenvalue weighted by atomic mass is 10.0. The lowest BCUT2D eigenvalue weighted by Gasteiger charge is -2.21. The summed E-state index contributed by atoms with van der Waals surface area (Å²) < 4.78 is 0. The van der Waals surface area contributed by atoms with Crippen LogP contribution in [0.25, 0.3) is 0 Å². The van der Waals surface area contributed by atoms with Crippen molar-refractivity contribution in [3.63, 3.8) is 0 Å². The summed E-state index contributed by atoms with van der Waals surface area (Å²) in [7, 11) is 0. The number of hydrogen-bond acceptors (Lipinski definition) is 4. The van der Waals surface area contributed by atoms with Crippen molar-refractivity contribution >= 4 is 5.91 Å². The molecule has 390 valence electrons. The number of allylic oxidation sites excluding steroid dienone is 5. The zero-order chi connectivity index (χ0) is 47.9. The van der Waals surface area contributed by atoms with Gasteiger partial charge in [-0.05, 0) is 57.8 Å². The molecule has 0 heterocycles. The van der Waals surface area contributed by atoms with Crippen LogP contribution in [0.5, 0.6) is 0 Å². The second-order valence-electron chi connectivity index (χ2n) is 20.5. The van der Waals surface area contributed by atoms with Gasteiger partial charge >= 0.3 is 0 Å². The maximum absolute atomic E-state index is 12.6. The Morgan fingerprint density at radius 1 is 0.364 bits per heavy atom. The molecule has 0 aliphatic heterocycles. The molecule has 5 heteroatoms. The van der Waals surface area contributed by atoms with Crippen LogP contribution in [0.1, 0.15) is 322 Å². The fourth-order valence-electron chi connectivity index (χ4n) is 9.32. The number of carbonyl (C=O) groups is 1. The molecule has 66 heavy (non-hydrogen) atoms. The number of nitrogens with one attached hydrogen (secondary N) is 1. The first-order chi connectivity index (χ1) is 32.6. The molecule has 3 unspecified atom stereocenters. The topological polar surface area (TPSA) is 89.8 Å². The van der Waals surface area contributed by atoms with Crippen molar-refractivity contribution in [3.05, 3.63) is 36.5 Å². The molecule has 0 rings (SSSR count). The maximum Gasteiger partial charge on any atom is 0.249 e. The minimum atomic E-state index is -1.11. The zero-order valence-electron chi connectivity index (χ0n) is 44.6. The van der Waals surface area contributed by atoms with Crippen molar-refractivity contribution in [2.45, 2.75) is 340 Å². The quantitative estimate of drug-likeness (QED) is 0.0361. The summed E-state index contributed by atoms with van der Waals surface area (Å²) in [5.41, 5.74) is 0. The fraction of sp³-hybridized carbons (Fsp3) is 0.885. The molecular weight excluding hydrogens is 811 g/mol. The van der Waals surface area contributed by atoms with Gasteiger partial charge in [-0.25, -0.2) is 0 Å².